The second-order valence-corrected chi connectivity index (χ2v) is 4.19. The summed E-state index contributed by atoms with van der Waals surface area (Å²) in [6.07, 6.45) is 6.02. The van der Waals surface area contributed by atoms with E-state index in [0.29, 0.717) is 6.04 Å². The summed E-state index contributed by atoms with van der Waals surface area (Å²) in [6, 6.07) is 0.446. The van der Waals surface area contributed by atoms with Crippen molar-refractivity contribution in [3.63, 3.8) is 0 Å². The minimum absolute atomic E-state index is 0.0827. The molecule has 13 heavy (non-hydrogen) atoms. The summed E-state index contributed by atoms with van der Waals surface area (Å²) in [6.45, 7) is 1.55. The molecular formula is C10H19NO2. The second kappa shape index (κ2) is 4.40. The Bertz CT molecular complexity index is 149. The first-order valence-corrected chi connectivity index (χ1v) is 5.33. The van der Waals surface area contributed by atoms with E-state index in [1.807, 2.05) is 0 Å². The Morgan fingerprint density at radius 2 is 1.62 bits per heavy atom. The lowest BCUT2D eigenvalue weighted by Crippen LogP contribution is -2.28. The zero-order chi connectivity index (χ0) is 9.10. The summed E-state index contributed by atoms with van der Waals surface area (Å²) in [5, 5.41) is 0. The van der Waals surface area contributed by atoms with Crippen molar-refractivity contribution in [2.24, 2.45) is 11.7 Å². The highest BCUT2D eigenvalue weighted by molar-refractivity contribution is 4.75. The van der Waals surface area contributed by atoms with Crippen LogP contribution in [-0.2, 0) is 9.47 Å². The maximum Gasteiger partial charge on any atom is 0.158 e. The maximum atomic E-state index is 5.84. The first-order chi connectivity index (χ1) is 6.34. The van der Waals surface area contributed by atoms with Gasteiger partial charge in [0, 0.05) is 12.5 Å². The van der Waals surface area contributed by atoms with Crippen LogP contribution in [0.3, 0.4) is 0 Å². The van der Waals surface area contributed by atoms with E-state index in [1.165, 1.54) is 25.7 Å². The van der Waals surface area contributed by atoms with Crippen molar-refractivity contribution in [1.29, 1.82) is 0 Å². The summed E-state index contributed by atoms with van der Waals surface area (Å²) in [4.78, 5) is 0. The predicted octanol–water partition coefficient (Wildman–Crippen LogP) is 1.27. The van der Waals surface area contributed by atoms with E-state index in [9.17, 15) is 0 Å². The minimum atomic E-state index is 0.0827. The molecule has 1 aliphatic heterocycles. The molecule has 1 heterocycles. The van der Waals surface area contributed by atoms with Gasteiger partial charge in [-0.25, -0.2) is 0 Å². The average Bonchev–Trinajstić information content (AvgIpc) is 2.62. The van der Waals surface area contributed by atoms with E-state index in [4.69, 9.17) is 15.2 Å². The Morgan fingerprint density at radius 3 is 2.23 bits per heavy atom. The molecule has 0 atom stereocenters. The van der Waals surface area contributed by atoms with E-state index in [2.05, 4.69) is 0 Å². The molecular weight excluding hydrogens is 166 g/mol. The first-order valence-electron chi connectivity index (χ1n) is 5.33. The molecule has 3 heteroatoms. The van der Waals surface area contributed by atoms with Gasteiger partial charge in [0.1, 0.15) is 0 Å². The fourth-order valence-electron chi connectivity index (χ4n) is 2.24. The molecule has 1 aliphatic carbocycles. The van der Waals surface area contributed by atoms with Crippen molar-refractivity contribution in [3.8, 4) is 0 Å². The standard InChI is InChI=1S/C10H19NO2/c11-9-3-1-8(2-4-9)7-10-12-5-6-13-10/h8-10H,1-7,11H2/t8-,9+. The SMILES string of the molecule is N[C@H]1CC[C@@H](CC2OCCO2)CC1. The van der Waals surface area contributed by atoms with Crippen molar-refractivity contribution in [3.05, 3.63) is 0 Å². The molecule has 0 spiro atoms. The molecule has 0 aromatic rings. The van der Waals surface area contributed by atoms with Crippen LogP contribution in [0.1, 0.15) is 32.1 Å². The lowest BCUT2D eigenvalue weighted by molar-refractivity contribution is -0.0600. The molecule has 3 nitrogen and oxygen atoms in total. The highest BCUT2D eigenvalue weighted by Crippen LogP contribution is 2.28. The van der Waals surface area contributed by atoms with Crippen LogP contribution in [0.4, 0.5) is 0 Å². The number of hydrogen-bond donors (Lipinski definition) is 1. The van der Waals surface area contributed by atoms with Crippen molar-refractivity contribution >= 4 is 0 Å². The number of hydrogen-bond acceptors (Lipinski definition) is 3. The van der Waals surface area contributed by atoms with Crippen LogP contribution in [0.5, 0.6) is 0 Å². The van der Waals surface area contributed by atoms with Gasteiger partial charge in [0.2, 0.25) is 0 Å². The van der Waals surface area contributed by atoms with Crippen LogP contribution >= 0.6 is 0 Å². The number of rotatable bonds is 2. The van der Waals surface area contributed by atoms with Gasteiger partial charge in [-0.3, -0.25) is 0 Å². The van der Waals surface area contributed by atoms with Crippen LogP contribution in [0.2, 0.25) is 0 Å². The smallest absolute Gasteiger partial charge is 0.158 e. The van der Waals surface area contributed by atoms with Crippen molar-refractivity contribution in [1.82, 2.24) is 0 Å². The second-order valence-electron chi connectivity index (χ2n) is 4.19. The fourth-order valence-corrected chi connectivity index (χ4v) is 2.24. The van der Waals surface area contributed by atoms with E-state index in [0.717, 1.165) is 25.6 Å². The Hall–Kier alpha value is -0.120. The number of nitrogens with two attached hydrogens (primary N) is 1. The average molecular weight is 185 g/mol. The zero-order valence-corrected chi connectivity index (χ0v) is 8.08. The molecule has 2 aliphatic rings. The van der Waals surface area contributed by atoms with E-state index in [-0.39, 0.29) is 6.29 Å². The third kappa shape index (κ3) is 2.66. The van der Waals surface area contributed by atoms with Gasteiger partial charge in [-0.1, -0.05) is 0 Å². The summed E-state index contributed by atoms with van der Waals surface area (Å²) >= 11 is 0. The molecule has 2 fully saturated rings. The van der Waals surface area contributed by atoms with Crippen LogP contribution < -0.4 is 5.73 Å². The van der Waals surface area contributed by atoms with Crippen molar-refractivity contribution in [2.45, 2.75) is 44.4 Å². The molecule has 0 aromatic carbocycles. The van der Waals surface area contributed by atoms with E-state index in [1.54, 1.807) is 0 Å². The molecule has 0 bridgehead atoms. The van der Waals surface area contributed by atoms with Gasteiger partial charge in [-0.2, -0.15) is 0 Å². The summed E-state index contributed by atoms with van der Waals surface area (Å²) in [5.41, 5.74) is 5.84. The Balaban J connectivity index is 1.69. The molecule has 0 aromatic heterocycles. The van der Waals surface area contributed by atoms with Crippen LogP contribution in [-0.4, -0.2) is 25.5 Å². The molecule has 2 N–H and O–H groups in total. The van der Waals surface area contributed by atoms with Gasteiger partial charge in [0.05, 0.1) is 13.2 Å². The Kier molecular flexibility index (Phi) is 3.19. The summed E-state index contributed by atoms with van der Waals surface area (Å²) in [5.74, 6) is 0.780. The maximum absolute atomic E-state index is 5.84. The molecule has 0 radical (unpaired) electrons. The molecule has 76 valence electrons. The molecule has 2 rings (SSSR count). The monoisotopic (exact) mass is 185 g/mol. The van der Waals surface area contributed by atoms with Gasteiger partial charge in [-0.15, -0.1) is 0 Å². The topological polar surface area (TPSA) is 44.5 Å². The van der Waals surface area contributed by atoms with Gasteiger partial charge in [0.25, 0.3) is 0 Å². The van der Waals surface area contributed by atoms with Gasteiger partial charge in [-0.05, 0) is 31.6 Å². The van der Waals surface area contributed by atoms with Gasteiger partial charge in [0.15, 0.2) is 6.29 Å². The van der Waals surface area contributed by atoms with E-state index >= 15 is 0 Å². The van der Waals surface area contributed by atoms with Crippen molar-refractivity contribution < 1.29 is 9.47 Å². The molecule has 0 amide bonds. The summed E-state index contributed by atoms with van der Waals surface area (Å²) < 4.78 is 10.9. The lowest BCUT2D eigenvalue weighted by atomic mass is 9.84. The highest BCUT2D eigenvalue weighted by Gasteiger charge is 2.24. The van der Waals surface area contributed by atoms with Gasteiger partial charge >= 0.3 is 0 Å². The zero-order valence-electron chi connectivity index (χ0n) is 8.08. The minimum Gasteiger partial charge on any atom is -0.350 e. The number of ether oxygens (including phenoxy) is 2. The summed E-state index contributed by atoms with van der Waals surface area (Å²) in [7, 11) is 0. The first kappa shape index (κ1) is 9.44. The third-order valence-corrected chi connectivity index (χ3v) is 3.11. The van der Waals surface area contributed by atoms with Gasteiger partial charge < -0.3 is 15.2 Å². The quantitative estimate of drug-likeness (QED) is 0.704. The highest BCUT2D eigenvalue weighted by atomic mass is 16.7. The molecule has 1 saturated heterocycles. The van der Waals surface area contributed by atoms with Crippen LogP contribution in [0.15, 0.2) is 0 Å². The van der Waals surface area contributed by atoms with Crippen molar-refractivity contribution in [2.75, 3.05) is 13.2 Å². The Morgan fingerprint density at radius 1 is 1.00 bits per heavy atom. The van der Waals surface area contributed by atoms with Crippen LogP contribution in [0.25, 0.3) is 0 Å². The van der Waals surface area contributed by atoms with E-state index < -0.39 is 0 Å². The Labute approximate surface area is 79.6 Å². The predicted molar refractivity (Wildman–Crippen MR) is 50.2 cm³/mol. The molecule has 0 unspecified atom stereocenters. The lowest BCUT2D eigenvalue weighted by Gasteiger charge is -2.27. The largest absolute Gasteiger partial charge is 0.350 e. The van der Waals surface area contributed by atoms with Crippen LogP contribution in [0, 0.1) is 5.92 Å². The third-order valence-electron chi connectivity index (χ3n) is 3.11. The normalized spacial score (nSPS) is 36.7. The fraction of sp³-hybridized carbons (Fsp3) is 1.00. The molecule has 1 saturated carbocycles.